The lowest BCUT2D eigenvalue weighted by atomic mass is 9.75. The van der Waals surface area contributed by atoms with Crippen molar-refractivity contribution in [1.29, 1.82) is 0 Å². The number of rotatable bonds is 5. The number of methoxy groups -OCH3 is 1. The lowest BCUT2D eigenvalue weighted by Crippen LogP contribution is -2.47. The highest BCUT2D eigenvalue weighted by atomic mass is 19.1. The Labute approximate surface area is 141 Å². The van der Waals surface area contributed by atoms with Gasteiger partial charge in [-0.3, -0.25) is 0 Å². The van der Waals surface area contributed by atoms with Gasteiger partial charge in [0, 0.05) is 6.04 Å². The molecule has 6 heteroatoms. The summed E-state index contributed by atoms with van der Waals surface area (Å²) in [5.74, 6) is -0.151. The number of carbonyl (C=O) groups is 1. The van der Waals surface area contributed by atoms with E-state index < -0.39 is 5.82 Å². The van der Waals surface area contributed by atoms with Crippen molar-refractivity contribution < 1.29 is 19.0 Å². The normalized spacial score (nSPS) is 25.0. The molecule has 0 unspecified atom stereocenters. The lowest BCUT2D eigenvalue weighted by molar-refractivity contribution is 0.0258. The standard InChI is InChI=1S/C18H25FN2O3/c1-24-16-7-6-11(10-15(16)19)17(12-8-14(22)9-12)21-18(23)20-13-4-2-3-5-13/h6-7,10,12-14,17,22H,2-5,8-9H2,1H3,(H2,20,21,23)/t12?,14?,17-/m0/s1. The minimum atomic E-state index is -0.446. The van der Waals surface area contributed by atoms with Crippen LogP contribution in [0.3, 0.4) is 0 Å². The van der Waals surface area contributed by atoms with Crippen LogP contribution >= 0.6 is 0 Å². The fourth-order valence-corrected chi connectivity index (χ4v) is 3.69. The summed E-state index contributed by atoms with van der Waals surface area (Å²) in [5, 5.41) is 15.6. The molecule has 1 atom stereocenters. The number of nitrogens with one attached hydrogen (secondary N) is 2. The van der Waals surface area contributed by atoms with Gasteiger partial charge < -0.3 is 20.5 Å². The number of hydrogen-bond acceptors (Lipinski definition) is 3. The third-order valence-corrected chi connectivity index (χ3v) is 5.13. The molecular weight excluding hydrogens is 311 g/mol. The molecule has 1 aromatic carbocycles. The van der Waals surface area contributed by atoms with Gasteiger partial charge in [0.15, 0.2) is 11.6 Å². The average Bonchev–Trinajstić information content (AvgIpc) is 3.02. The Hall–Kier alpha value is -1.82. The molecule has 2 amide bonds. The van der Waals surface area contributed by atoms with Gasteiger partial charge in [-0.1, -0.05) is 18.9 Å². The van der Waals surface area contributed by atoms with Crippen LogP contribution in [0.4, 0.5) is 9.18 Å². The summed E-state index contributed by atoms with van der Waals surface area (Å²) in [7, 11) is 1.42. The molecule has 2 fully saturated rings. The van der Waals surface area contributed by atoms with Crippen LogP contribution in [0.15, 0.2) is 18.2 Å². The summed E-state index contributed by atoms with van der Waals surface area (Å²) in [5.41, 5.74) is 0.701. The molecule has 24 heavy (non-hydrogen) atoms. The van der Waals surface area contributed by atoms with Crippen LogP contribution in [-0.4, -0.2) is 30.4 Å². The number of hydrogen-bond donors (Lipinski definition) is 3. The molecule has 132 valence electrons. The minimum Gasteiger partial charge on any atom is -0.494 e. The molecule has 0 aromatic heterocycles. The van der Waals surface area contributed by atoms with Crippen molar-refractivity contribution in [3.05, 3.63) is 29.6 Å². The zero-order chi connectivity index (χ0) is 17.1. The first-order chi connectivity index (χ1) is 11.6. The smallest absolute Gasteiger partial charge is 0.315 e. The van der Waals surface area contributed by atoms with Crippen LogP contribution in [0.25, 0.3) is 0 Å². The van der Waals surface area contributed by atoms with Gasteiger partial charge in [0.1, 0.15) is 0 Å². The number of ether oxygens (including phenoxy) is 1. The molecule has 2 aliphatic carbocycles. The first-order valence-corrected chi connectivity index (χ1v) is 8.65. The van der Waals surface area contributed by atoms with Crippen molar-refractivity contribution in [1.82, 2.24) is 10.6 Å². The van der Waals surface area contributed by atoms with Gasteiger partial charge in [-0.25, -0.2) is 9.18 Å². The Morgan fingerprint density at radius 1 is 1.33 bits per heavy atom. The number of halogens is 1. The van der Waals surface area contributed by atoms with Crippen molar-refractivity contribution in [2.24, 2.45) is 5.92 Å². The fourth-order valence-electron chi connectivity index (χ4n) is 3.69. The van der Waals surface area contributed by atoms with Gasteiger partial charge >= 0.3 is 6.03 Å². The summed E-state index contributed by atoms with van der Waals surface area (Å²) in [6.07, 6.45) is 5.21. The molecule has 0 bridgehead atoms. The lowest BCUT2D eigenvalue weighted by Gasteiger charge is -2.38. The second-order valence-corrected chi connectivity index (χ2v) is 6.86. The number of benzene rings is 1. The maximum atomic E-state index is 14.0. The Balaban J connectivity index is 1.71. The van der Waals surface area contributed by atoms with Crippen LogP contribution in [0.5, 0.6) is 5.75 Å². The predicted molar refractivity (Wildman–Crippen MR) is 88.3 cm³/mol. The van der Waals surface area contributed by atoms with Crippen LogP contribution in [0.2, 0.25) is 0 Å². The Morgan fingerprint density at radius 3 is 2.62 bits per heavy atom. The highest BCUT2D eigenvalue weighted by Gasteiger charge is 2.36. The average molecular weight is 336 g/mol. The Bertz CT molecular complexity index is 584. The Kier molecular flexibility index (Phi) is 5.23. The summed E-state index contributed by atoms with van der Waals surface area (Å²) >= 11 is 0. The maximum absolute atomic E-state index is 14.0. The van der Waals surface area contributed by atoms with E-state index in [0.717, 1.165) is 25.7 Å². The van der Waals surface area contributed by atoms with Crippen molar-refractivity contribution in [3.8, 4) is 5.75 Å². The summed E-state index contributed by atoms with van der Waals surface area (Å²) in [4.78, 5) is 12.3. The molecule has 2 aliphatic rings. The van der Waals surface area contributed by atoms with E-state index in [1.54, 1.807) is 12.1 Å². The molecule has 0 radical (unpaired) electrons. The van der Waals surface area contributed by atoms with E-state index in [9.17, 15) is 14.3 Å². The largest absolute Gasteiger partial charge is 0.494 e. The van der Waals surface area contributed by atoms with E-state index in [0.29, 0.717) is 18.4 Å². The van der Waals surface area contributed by atoms with Gasteiger partial charge in [0.25, 0.3) is 0 Å². The summed E-state index contributed by atoms with van der Waals surface area (Å²) < 4.78 is 19.0. The van der Waals surface area contributed by atoms with E-state index in [-0.39, 0.29) is 35.9 Å². The maximum Gasteiger partial charge on any atom is 0.315 e. The molecule has 5 nitrogen and oxygen atoms in total. The van der Waals surface area contributed by atoms with E-state index in [1.165, 1.54) is 13.2 Å². The van der Waals surface area contributed by atoms with Crippen LogP contribution in [0.1, 0.15) is 50.1 Å². The summed E-state index contributed by atoms with van der Waals surface area (Å²) in [6.45, 7) is 0. The second-order valence-electron chi connectivity index (χ2n) is 6.86. The topological polar surface area (TPSA) is 70.6 Å². The number of amides is 2. The van der Waals surface area contributed by atoms with E-state index in [4.69, 9.17) is 4.74 Å². The van der Waals surface area contributed by atoms with Crippen LogP contribution in [0, 0.1) is 11.7 Å². The SMILES string of the molecule is COc1ccc([C@H](NC(=O)NC2CCCC2)C2CC(O)C2)cc1F. The van der Waals surface area contributed by atoms with Crippen LogP contribution < -0.4 is 15.4 Å². The van der Waals surface area contributed by atoms with Crippen LogP contribution in [-0.2, 0) is 0 Å². The summed E-state index contributed by atoms with van der Waals surface area (Å²) in [6, 6.07) is 4.45. The van der Waals surface area contributed by atoms with E-state index >= 15 is 0 Å². The number of urea groups is 1. The molecule has 1 aromatic rings. The molecule has 0 spiro atoms. The third kappa shape index (κ3) is 3.80. The van der Waals surface area contributed by atoms with Crippen molar-refractivity contribution in [2.75, 3.05) is 7.11 Å². The van der Waals surface area contributed by atoms with Gasteiger partial charge in [0.05, 0.1) is 19.3 Å². The van der Waals surface area contributed by atoms with Gasteiger partial charge in [-0.05, 0) is 49.3 Å². The molecular formula is C18H25FN2O3. The first kappa shape index (κ1) is 17.0. The monoisotopic (exact) mass is 336 g/mol. The van der Waals surface area contributed by atoms with Gasteiger partial charge in [-0.2, -0.15) is 0 Å². The molecule has 0 saturated heterocycles. The van der Waals surface area contributed by atoms with Crippen molar-refractivity contribution in [3.63, 3.8) is 0 Å². The molecule has 3 rings (SSSR count). The highest BCUT2D eigenvalue weighted by Crippen LogP contribution is 2.39. The van der Waals surface area contributed by atoms with Crippen molar-refractivity contribution in [2.45, 2.75) is 56.7 Å². The fraction of sp³-hybridized carbons (Fsp3) is 0.611. The van der Waals surface area contributed by atoms with Gasteiger partial charge in [-0.15, -0.1) is 0 Å². The number of aliphatic hydroxyl groups excluding tert-OH is 1. The number of aliphatic hydroxyl groups is 1. The molecule has 2 saturated carbocycles. The predicted octanol–water partition coefficient (Wildman–Crippen LogP) is 2.89. The first-order valence-electron chi connectivity index (χ1n) is 8.65. The third-order valence-electron chi connectivity index (χ3n) is 5.13. The van der Waals surface area contributed by atoms with Crippen molar-refractivity contribution >= 4 is 6.03 Å². The zero-order valence-corrected chi connectivity index (χ0v) is 13.9. The zero-order valence-electron chi connectivity index (χ0n) is 13.9. The minimum absolute atomic E-state index is 0.113. The number of carbonyl (C=O) groups excluding carboxylic acids is 1. The van der Waals surface area contributed by atoms with Gasteiger partial charge in [0.2, 0.25) is 0 Å². The molecule has 0 heterocycles. The highest BCUT2D eigenvalue weighted by molar-refractivity contribution is 5.75. The quantitative estimate of drug-likeness (QED) is 0.774. The van der Waals surface area contributed by atoms with E-state index in [2.05, 4.69) is 10.6 Å². The Morgan fingerprint density at radius 2 is 2.04 bits per heavy atom. The molecule has 0 aliphatic heterocycles. The molecule has 3 N–H and O–H groups in total. The van der Waals surface area contributed by atoms with E-state index in [1.807, 2.05) is 0 Å². The second kappa shape index (κ2) is 7.38.